The van der Waals surface area contributed by atoms with Crippen molar-refractivity contribution in [3.05, 3.63) is 23.9 Å². The summed E-state index contributed by atoms with van der Waals surface area (Å²) >= 11 is 0. The average Bonchev–Trinajstić information content (AvgIpc) is 2.47. The van der Waals surface area contributed by atoms with Crippen molar-refractivity contribution >= 4 is 5.91 Å². The van der Waals surface area contributed by atoms with Crippen molar-refractivity contribution in [3.63, 3.8) is 0 Å². The summed E-state index contributed by atoms with van der Waals surface area (Å²) in [5.74, 6) is 0.330. The van der Waals surface area contributed by atoms with Crippen molar-refractivity contribution in [2.24, 2.45) is 0 Å². The van der Waals surface area contributed by atoms with Gasteiger partial charge in [0.25, 0.3) is 5.91 Å². The highest BCUT2D eigenvalue weighted by Crippen LogP contribution is 2.23. The summed E-state index contributed by atoms with van der Waals surface area (Å²) in [7, 11) is 1.55. The van der Waals surface area contributed by atoms with E-state index in [1.165, 1.54) is 0 Å². The van der Waals surface area contributed by atoms with E-state index in [0.717, 1.165) is 25.9 Å². The molecule has 1 aromatic heterocycles. The first kappa shape index (κ1) is 15.8. The van der Waals surface area contributed by atoms with Crippen molar-refractivity contribution in [1.82, 2.24) is 15.2 Å². The van der Waals surface area contributed by atoms with Gasteiger partial charge in [-0.05, 0) is 39.7 Å². The first-order chi connectivity index (χ1) is 9.93. The van der Waals surface area contributed by atoms with Gasteiger partial charge in [-0.25, -0.2) is 4.98 Å². The molecule has 0 atom stereocenters. The molecule has 1 N–H and O–H groups in total. The molecule has 21 heavy (non-hydrogen) atoms. The van der Waals surface area contributed by atoms with Gasteiger partial charge in [0.05, 0.1) is 7.11 Å². The number of methoxy groups -OCH3 is 1. The lowest BCUT2D eigenvalue weighted by Gasteiger charge is -2.41. The van der Waals surface area contributed by atoms with Gasteiger partial charge in [-0.15, -0.1) is 0 Å². The molecule has 0 aromatic carbocycles. The van der Waals surface area contributed by atoms with Crippen LogP contribution in [-0.4, -0.2) is 47.6 Å². The second-order valence-corrected chi connectivity index (χ2v) is 6.21. The molecule has 116 valence electrons. The topological polar surface area (TPSA) is 54.5 Å². The Kier molecular flexibility index (Phi) is 4.83. The molecule has 2 heterocycles. The number of hydrogen-bond donors (Lipinski definition) is 1. The third kappa shape index (κ3) is 3.94. The summed E-state index contributed by atoms with van der Waals surface area (Å²) in [6.07, 6.45) is 1.92. The maximum atomic E-state index is 12.4. The Morgan fingerprint density at radius 3 is 2.62 bits per heavy atom. The zero-order valence-electron chi connectivity index (χ0n) is 13.3. The van der Waals surface area contributed by atoms with Crippen LogP contribution in [0.15, 0.2) is 18.2 Å². The number of amides is 1. The van der Waals surface area contributed by atoms with E-state index < -0.39 is 0 Å². The van der Waals surface area contributed by atoms with Crippen LogP contribution < -0.4 is 10.1 Å². The number of ether oxygens (including phenoxy) is 1. The van der Waals surface area contributed by atoms with E-state index in [2.05, 4.69) is 36.0 Å². The van der Waals surface area contributed by atoms with Crippen LogP contribution in [-0.2, 0) is 0 Å². The predicted molar refractivity (Wildman–Crippen MR) is 82.6 cm³/mol. The zero-order valence-corrected chi connectivity index (χ0v) is 13.3. The molecule has 0 unspecified atom stereocenters. The monoisotopic (exact) mass is 291 g/mol. The molecule has 1 amide bonds. The molecule has 5 heteroatoms. The summed E-state index contributed by atoms with van der Waals surface area (Å²) in [5, 5.41) is 3.14. The quantitative estimate of drug-likeness (QED) is 0.923. The van der Waals surface area contributed by atoms with Gasteiger partial charge in [0.15, 0.2) is 0 Å². The summed E-state index contributed by atoms with van der Waals surface area (Å²) in [6, 6.07) is 5.79. The molecule has 0 saturated carbocycles. The van der Waals surface area contributed by atoms with Crippen LogP contribution in [0.2, 0.25) is 0 Å². The number of carbonyl (C=O) groups excluding carboxylic acids is 1. The van der Waals surface area contributed by atoms with Gasteiger partial charge >= 0.3 is 0 Å². The molecule has 5 nitrogen and oxygen atoms in total. The van der Waals surface area contributed by atoms with E-state index >= 15 is 0 Å². The van der Waals surface area contributed by atoms with E-state index in [1.54, 1.807) is 25.3 Å². The fourth-order valence-electron chi connectivity index (χ4n) is 2.65. The summed E-state index contributed by atoms with van der Waals surface area (Å²) < 4.78 is 5.06. The Morgan fingerprint density at radius 2 is 2.05 bits per heavy atom. The molecule has 0 radical (unpaired) electrons. The SMILES string of the molecule is COc1cccc(C(=O)NC2(C)CCN(C(C)C)CC2)n1. The van der Waals surface area contributed by atoms with Gasteiger partial charge in [0.1, 0.15) is 5.69 Å². The number of pyridine rings is 1. The molecule has 2 rings (SSSR count). The number of rotatable bonds is 4. The highest BCUT2D eigenvalue weighted by molar-refractivity contribution is 5.92. The Morgan fingerprint density at radius 1 is 1.38 bits per heavy atom. The first-order valence-electron chi connectivity index (χ1n) is 7.51. The van der Waals surface area contributed by atoms with Crippen LogP contribution in [0, 0.1) is 0 Å². The van der Waals surface area contributed by atoms with Crippen LogP contribution in [0.1, 0.15) is 44.1 Å². The van der Waals surface area contributed by atoms with Gasteiger partial charge in [-0.2, -0.15) is 0 Å². The Bertz CT molecular complexity index is 494. The van der Waals surface area contributed by atoms with E-state index in [0.29, 0.717) is 17.6 Å². The van der Waals surface area contributed by atoms with Crippen LogP contribution in [0.3, 0.4) is 0 Å². The third-order valence-electron chi connectivity index (χ3n) is 4.21. The second-order valence-electron chi connectivity index (χ2n) is 6.21. The lowest BCUT2D eigenvalue weighted by Crippen LogP contribution is -2.54. The van der Waals surface area contributed by atoms with Crippen LogP contribution in [0.5, 0.6) is 5.88 Å². The van der Waals surface area contributed by atoms with Gasteiger partial charge in [-0.3, -0.25) is 4.79 Å². The number of carbonyl (C=O) groups is 1. The molecule has 0 bridgehead atoms. The van der Waals surface area contributed by atoms with Gasteiger partial charge < -0.3 is 15.0 Å². The summed E-state index contributed by atoms with van der Waals surface area (Å²) in [5.41, 5.74) is 0.245. The maximum Gasteiger partial charge on any atom is 0.270 e. The molecule has 1 saturated heterocycles. The number of aromatic nitrogens is 1. The lowest BCUT2D eigenvalue weighted by atomic mass is 9.89. The van der Waals surface area contributed by atoms with Crippen LogP contribution in [0.25, 0.3) is 0 Å². The zero-order chi connectivity index (χ0) is 15.5. The fraction of sp³-hybridized carbons (Fsp3) is 0.625. The lowest BCUT2D eigenvalue weighted by molar-refractivity contribution is 0.0796. The predicted octanol–water partition coefficient (Wildman–Crippen LogP) is 2.08. The highest BCUT2D eigenvalue weighted by Gasteiger charge is 2.32. The molecular formula is C16H25N3O2. The number of nitrogens with zero attached hydrogens (tertiary/aromatic N) is 2. The molecule has 1 aromatic rings. The standard InChI is InChI=1S/C16H25N3O2/c1-12(2)19-10-8-16(3,9-11-19)18-15(20)13-6-5-7-14(17-13)21-4/h5-7,12H,8-11H2,1-4H3,(H,18,20). The van der Waals surface area contributed by atoms with E-state index in [-0.39, 0.29) is 11.4 Å². The summed E-state index contributed by atoms with van der Waals surface area (Å²) in [6.45, 7) is 8.56. The van der Waals surface area contributed by atoms with Gasteiger partial charge in [0, 0.05) is 30.7 Å². The number of piperidine rings is 1. The molecule has 1 aliphatic heterocycles. The minimum Gasteiger partial charge on any atom is -0.481 e. The van der Waals surface area contributed by atoms with Crippen LogP contribution in [0.4, 0.5) is 0 Å². The third-order valence-corrected chi connectivity index (χ3v) is 4.21. The highest BCUT2D eigenvalue weighted by atomic mass is 16.5. The van der Waals surface area contributed by atoms with Crippen molar-refractivity contribution in [1.29, 1.82) is 0 Å². The normalized spacial score (nSPS) is 18.5. The first-order valence-corrected chi connectivity index (χ1v) is 7.51. The smallest absolute Gasteiger partial charge is 0.270 e. The van der Waals surface area contributed by atoms with Crippen molar-refractivity contribution in [3.8, 4) is 5.88 Å². The molecule has 0 aliphatic carbocycles. The number of hydrogen-bond acceptors (Lipinski definition) is 4. The Hall–Kier alpha value is -1.62. The van der Waals surface area contributed by atoms with Crippen LogP contribution >= 0.6 is 0 Å². The maximum absolute atomic E-state index is 12.4. The van der Waals surface area contributed by atoms with Crippen molar-refractivity contribution in [2.45, 2.75) is 45.2 Å². The molecular weight excluding hydrogens is 266 g/mol. The molecule has 1 fully saturated rings. The van der Waals surface area contributed by atoms with E-state index in [1.807, 2.05) is 0 Å². The minimum absolute atomic E-state index is 0.130. The second kappa shape index (κ2) is 6.43. The van der Waals surface area contributed by atoms with Gasteiger partial charge in [-0.1, -0.05) is 6.07 Å². The molecule has 1 aliphatic rings. The largest absolute Gasteiger partial charge is 0.481 e. The van der Waals surface area contributed by atoms with Crippen molar-refractivity contribution < 1.29 is 9.53 Å². The molecule has 0 spiro atoms. The van der Waals surface area contributed by atoms with E-state index in [9.17, 15) is 4.79 Å². The van der Waals surface area contributed by atoms with E-state index in [4.69, 9.17) is 4.74 Å². The van der Waals surface area contributed by atoms with Crippen molar-refractivity contribution in [2.75, 3.05) is 20.2 Å². The number of likely N-dealkylation sites (tertiary alicyclic amines) is 1. The fourth-order valence-corrected chi connectivity index (χ4v) is 2.65. The average molecular weight is 291 g/mol. The Labute approximate surface area is 126 Å². The summed E-state index contributed by atoms with van der Waals surface area (Å²) in [4.78, 5) is 19.0. The number of nitrogens with one attached hydrogen (secondary N) is 1. The minimum atomic E-state index is -0.159. The Balaban J connectivity index is 1.99. The van der Waals surface area contributed by atoms with Gasteiger partial charge in [0.2, 0.25) is 5.88 Å².